The third-order valence-corrected chi connectivity index (χ3v) is 3.34. The number of rotatable bonds is 4. The quantitative estimate of drug-likeness (QED) is 0.813. The fourth-order valence-electron chi connectivity index (χ4n) is 2.33. The maximum Gasteiger partial charge on any atom is 0.145 e. The lowest BCUT2D eigenvalue weighted by atomic mass is 10.1. The van der Waals surface area contributed by atoms with Crippen molar-refractivity contribution in [3.63, 3.8) is 0 Å². The van der Waals surface area contributed by atoms with Gasteiger partial charge in [-0.3, -0.25) is 4.90 Å². The van der Waals surface area contributed by atoms with E-state index in [-0.39, 0.29) is 0 Å². The van der Waals surface area contributed by atoms with Crippen LogP contribution in [0.4, 0.5) is 5.69 Å². The molecule has 2 N–H and O–H groups in total. The van der Waals surface area contributed by atoms with Crippen LogP contribution in [0.3, 0.4) is 0 Å². The number of piperidine rings is 1. The average molecular weight is 234 g/mol. The maximum absolute atomic E-state index is 5.90. The topological polar surface area (TPSA) is 38.5 Å². The molecule has 1 aliphatic rings. The normalized spacial score (nSPS) is 17.0. The Morgan fingerprint density at radius 1 is 1.24 bits per heavy atom. The summed E-state index contributed by atoms with van der Waals surface area (Å²) in [6.45, 7) is 6.20. The van der Waals surface area contributed by atoms with Crippen molar-refractivity contribution in [1.82, 2.24) is 4.90 Å². The summed E-state index contributed by atoms with van der Waals surface area (Å²) in [4.78, 5) is 2.47. The van der Waals surface area contributed by atoms with Gasteiger partial charge >= 0.3 is 0 Å². The summed E-state index contributed by atoms with van der Waals surface area (Å²) in [6.07, 6.45) is 4.03. The molecule has 0 aromatic heterocycles. The van der Waals surface area contributed by atoms with Crippen LogP contribution in [0.15, 0.2) is 18.2 Å². The molecule has 2 rings (SSSR count). The number of aryl methyl sites for hydroxylation is 1. The van der Waals surface area contributed by atoms with Crippen molar-refractivity contribution in [1.29, 1.82) is 0 Å². The minimum Gasteiger partial charge on any atom is -0.490 e. The van der Waals surface area contributed by atoms with Crippen LogP contribution in [0, 0.1) is 6.92 Å². The molecule has 3 nitrogen and oxygen atoms in total. The summed E-state index contributed by atoms with van der Waals surface area (Å²) in [5, 5.41) is 0. The number of ether oxygens (including phenoxy) is 1. The lowest BCUT2D eigenvalue weighted by Gasteiger charge is -2.26. The van der Waals surface area contributed by atoms with Gasteiger partial charge in [-0.05, 0) is 44.5 Å². The van der Waals surface area contributed by atoms with Crippen LogP contribution in [0.25, 0.3) is 0 Å². The molecule has 3 heteroatoms. The number of likely N-dealkylation sites (tertiary alicyclic amines) is 1. The number of hydrogen-bond acceptors (Lipinski definition) is 3. The van der Waals surface area contributed by atoms with E-state index >= 15 is 0 Å². The molecule has 1 aliphatic heterocycles. The molecule has 94 valence electrons. The zero-order valence-corrected chi connectivity index (χ0v) is 10.6. The van der Waals surface area contributed by atoms with E-state index in [0.29, 0.717) is 0 Å². The zero-order chi connectivity index (χ0) is 12.1. The van der Waals surface area contributed by atoms with Crippen LogP contribution in [0.2, 0.25) is 0 Å². The van der Waals surface area contributed by atoms with Crippen molar-refractivity contribution < 1.29 is 4.74 Å². The van der Waals surface area contributed by atoms with E-state index in [1.54, 1.807) is 0 Å². The highest BCUT2D eigenvalue weighted by Gasteiger charge is 2.10. The first-order valence-electron chi connectivity index (χ1n) is 6.47. The number of anilines is 1. The van der Waals surface area contributed by atoms with Crippen LogP contribution < -0.4 is 10.5 Å². The monoisotopic (exact) mass is 234 g/mol. The lowest BCUT2D eigenvalue weighted by Crippen LogP contribution is -2.33. The highest BCUT2D eigenvalue weighted by Crippen LogP contribution is 2.25. The van der Waals surface area contributed by atoms with Crippen molar-refractivity contribution in [2.45, 2.75) is 26.2 Å². The Kier molecular flexibility index (Phi) is 4.26. The predicted octanol–water partition coefficient (Wildman–Crippen LogP) is 2.44. The van der Waals surface area contributed by atoms with Crippen LogP contribution in [0.1, 0.15) is 24.8 Å². The van der Waals surface area contributed by atoms with Crippen molar-refractivity contribution in [3.8, 4) is 5.75 Å². The van der Waals surface area contributed by atoms with Gasteiger partial charge in [-0.15, -0.1) is 0 Å². The van der Waals surface area contributed by atoms with Crippen LogP contribution in [-0.2, 0) is 0 Å². The van der Waals surface area contributed by atoms with E-state index in [2.05, 4.69) is 4.90 Å². The largest absolute Gasteiger partial charge is 0.490 e. The molecule has 0 amide bonds. The smallest absolute Gasteiger partial charge is 0.145 e. The molecule has 1 saturated heterocycles. The second-order valence-electron chi connectivity index (χ2n) is 4.74. The van der Waals surface area contributed by atoms with E-state index in [1.807, 2.05) is 25.1 Å². The van der Waals surface area contributed by atoms with E-state index in [1.165, 1.54) is 32.4 Å². The first kappa shape index (κ1) is 12.2. The first-order valence-corrected chi connectivity index (χ1v) is 6.47. The molecule has 0 saturated carbocycles. The van der Waals surface area contributed by atoms with Crippen molar-refractivity contribution >= 4 is 5.69 Å². The van der Waals surface area contributed by atoms with Crippen LogP contribution in [0.5, 0.6) is 5.75 Å². The molecule has 17 heavy (non-hydrogen) atoms. The second kappa shape index (κ2) is 5.92. The number of benzene rings is 1. The Morgan fingerprint density at radius 2 is 2.00 bits per heavy atom. The zero-order valence-electron chi connectivity index (χ0n) is 10.6. The highest BCUT2D eigenvalue weighted by molar-refractivity contribution is 5.56. The molecule has 1 aromatic rings. The number of hydrogen-bond donors (Lipinski definition) is 1. The van der Waals surface area contributed by atoms with Gasteiger partial charge in [-0.2, -0.15) is 0 Å². The molecule has 1 aromatic carbocycles. The summed E-state index contributed by atoms with van der Waals surface area (Å²) in [5.41, 5.74) is 7.76. The van der Waals surface area contributed by atoms with E-state index in [4.69, 9.17) is 10.5 Å². The van der Waals surface area contributed by atoms with Gasteiger partial charge in [0, 0.05) is 6.54 Å². The molecule has 0 aliphatic carbocycles. The third kappa shape index (κ3) is 3.37. The summed E-state index contributed by atoms with van der Waals surface area (Å²) in [6, 6.07) is 5.89. The van der Waals surface area contributed by atoms with Gasteiger partial charge in [0.15, 0.2) is 0 Å². The lowest BCUT2D eigenvalue weighted by molar-refractivity contribution is 0.183. The standard InChI is InChI=1S/C14H22N2O/c1-12-6-5-7-13(15)14(12)17-11-10-16-8-3-2-4-9-16/h5-7H,2-4,8-11,15H2,1H3. The molecular formula is C14H22N2O. The van der Waals surface area contributed by atoms with E-state index in [0.717, 1.165) is 30.2 Å². The average Bonchev–Trinajstić information content (AvgIpc) is 2.34. The fraction of sp³-hybridized carbons (Fsp3) is 0.571. The Balaban J connectivity index is 1.81. The van der Waals surface area contributed by atoms with Gasteiger partial charge in [0.05, 0.1) is 5.69 Å². The Hall–Kier alpha value is -1.22. The first-order chi connectivity index (χ1) is 8.27. The fourth-order valence-corrected chi connectivity index (χ4v) is 2.33. The van der Waals surface area contributed by atoms with E-state index < -0.39 is 0 Å². The van der Waals surface area contributed by atoms with Crippen molar-refractivity contribution in [2.75, 3.05) is 32.0 Å². The summed E-state index contributed by atoms with van der Waals surface area (Å²) >= 11 is 0. The molecule has 0 spiro atoms. The molecular weight excluding hydrogens is 212 g/mol. The van der Waals surface area contributed by atoms with Crippen molar-refractivity contribution in [3.05, 3.63) is 23.8 Å². The molecule has 1 heterocycles. The second-order valence-corrected chi connectivity index (χ2v) is 4.74. The molecule has 0 bridgehead atoms. The minimum absolute atomic E-state index is 0.731. The van der Waals surface area contributed by atoms with Gasteiger partial charge in [0.1, 0.15) is 12.4 Å². The Bertz CT molecular complexity index is 339. The molecule has 0 atom stereocenters. The predicted molar refractivity (Wildman–Crippen MR) is 71.4 cm³/mol. The third-order valence-electron chi connectivity index (χ3n) is 3.34. The van der Waals surface area contributed by atoms with Gasteiger partial charge in [-0.1, -0.05) is 18.6 Å². The van der Waals surface area contributed by atoms with Crippen LogP contribution >= 0.6 is 0 Å². The minimum atomic E-state index is 0.731. The van der Waals surface area contributed by atoms with Gasteiger partial charge in [0.25, 0.3) is 0 Å². The maximum atomic E-state index is 5.90. The summed E-state index contributed by atoms with van der Waals surface area (Å²) < 4.78 is 5.80. The number of nitrogen functional groups attached to an aromatic ring is 1. The Morgan fingerprint density at radius 3 is 2.71 bits per heavy atom. The summed E-state index contributed by atoms with van der Waals surface area (Å²) in [7, 11) is 0. The Labute approximate surface area is 104 Å². The number of nitrogens with zero attached hydrogens (tertiary/aromatic N) is 1. The van der Waals surface area contributed by atoms with Crippen LogP contribution in [-0.4, -0.2) is 31.1 Å². The number of nitrogens with two attached hydrogens (primary N) is 1. The van der Waals surface area contributed by atoms with Gasteiger partial charge in [0.2, 0.25) is 0 Å². The SMILES string of the molecule is Cc1cccc(N)c1OCCN1CCCCC1. The molecule has 1 fully saturated rings. The van der Waals surface area contributed by atoms with Gasteiger partial charge in [-0.25, -0.2) is 0 Å². The molecule has 0 unspecified atom stereocenters. The number of para-hydroxylation sites is 1. The van der Waals surface area contributed by atoms with E-state index in [9.17, 15) is 0 Å². The summed E-state index contributed by atoms with van der Waals surface area (Å²) in [5.74, 6) is 0.851. The highest BCUT2D eigenvalue weighted by atomic mass is 16.5. The van der Waals surface area contributed by atoms with Crippen molar-refractivity contribution in [2.24, 2.45) is 0 Å². The molecule has 0 radical (unpaired) electrons. The van der Waals surface area contributed by atoms with Gasteiger partial charge < -0.3 is 10.5 Å².